The van der Waals surface area contributed by atoms with Gasteiger partial charge in [-0.25, -0.2) is 0 Å². The Hall–Kier alpha value is -1.14. The van der Waals surface area contributed by atoms with Crippen LogP contribution in [0.3, 0.4) is 0 Å². The zero-order valence-electron chi connectivity index (χ0n) is 34.5. The lowest BCUT2D eigenvalue weighted by molar-refractivity contribution is -0.140. The molecule has 1 aliphatic heterocycles. The number of hydrogen-bond acceptors (Lipinski definition) is 4. The highest BCUT2D eigenvalue weighted by Gasteiger charge is 2.26. The predicted molar refractivity (Wildman–Crippen MR) is 218 cm³/mol. The normalized spacial score (nSPS) is 13.6. The summed E-state index contributed by atoms with van der Waals surface area (Å²) in [5, 5.41) is 0. The molecule has 50 heavy (non-hydrogen) atoms. The molecule has 0 N–H and O–H groups in total. The van der Waals surface area contributed by atoms with Crippen molar-refractivity contribution in [3.63, 3.8) is 0 Å². The molecule has 0 spiro atoms. The molecule has 6 heteroatoms. The Morgan fingerprint density at radius 1 is 0.340 bits per heavy atom. The third kappa shape index (κ3) is 26.6. The fourth-order valence-electron chi connectivity index (χ4n) is 7.50. The number of amides is 2. The van der Waals surface area contributed by atoms with Gasteiger partial charge in [0.25, 0.3) is 0 Å². The number of hydrogen-bond donors (Lipinski definition) is 0. The molecule has 1 saturated heterocycles. The van der Waals surface area contributed by atoms with E-state index in [0.717, 1.165) is 26.2 Å². The fourth-order valence-corrected chi connectivity index (χ4v) is 7.50. The van der Waals surface area contributed by atoms with Crippen LogP contribution in [0.4, 0.5) is 0 Å². The van der Waals surface area contributed by atoms with E-state index in [-0.39, 0.29) is 11.8 Å². The third-order valence-electron chi connectivity index (χ3n) is 11.0. The number of carbonyl (C=O) groups excluding carboxylic acids is 2. The maximum absolute atomic E-state index is 13.5. The summed E-state index contributed by atoms with van der Waals surface area (Å²) in [7, 11) is 0. The van der Waals surface area contributed by atoms with Gasteiger partial charge < -0.3 is 9.80 Å². The minimum atomic E-state index is 0.266. The lowest BCUT2D eigenvalue weighted by atomic mass is 10.1. The number of nitrogens with zero attached hydrogens (tertiary/aromatic N) is 4. The molecule has 0 radical (unpaired) electrons. The minimum Gasteiger partial charge on any atom is -0.338 e. The molecular weight excluding hydrogens is 617 g/mol. The van der Waals surface area contributed by atoms with E-state index in [1.807, 2.05) is 9.80 Å². The summed E-state index contributed by atoms with van der Waals surface area (Å²) in [6.07, 6.45) is 36.7. The highest BCUT2D eigenvalue weighted by atomic mass is 16.2. The number of rotatable bonds is 36. The lowest BCUT2D eigenvalue weighted by Crippen LogP contribution is -2.54. The summed E-state index contributed by atoms with van der Waals surface area (Å²) in [4.78, 5) is 36.0. The van der Waals surface area contributed by atoms with Gasteiger partial charge in [0.1, 0.15) is 0 Å². The Kier molecular flexibility index (Phi) is 32.7. The molecular formula is C44H88N4O2. The largest absolute Gasteiger partial charge is 0.338 e. The van der Waals surface area contributed by atoms with Gasteiger partial charge in [0, 0.05) is 26.2 Å². The van der Waals surface area contributed by atoms with E-state index in [9.17, 15) is 9.59 Å². The first-order chi connectivity index (χ1) is 24.5. The van der Waals surface area contributed by atoms with Crippen molar-refractivity contribution in [3.8, 4) is 0 Å². The minimum absolute atomic E-state index is 0.266. The summed E-state index contributed by atoms with van der Waals surface area (Å²) >= 11 is 0. The maximum Gasteiger partial charge on any atom is 0.236 e. The number of piperazine rings is 1. The van der Waals surface area contributed by atoms with Crippen molar-refractivity contribution in [1.29, 1.82) is 0 Å². The van der Waals surface area contributed by atoms with Gasteiger partial charge in [0.05, 0.1) is 13.1 Å². The fraction of sp³-hybridized carbons (Fsp3) is 0.955. The van der Waals surface area contributed by atoms with Gasteiger partial charge in [0.2, 0.25) is 11.8 Å². The highest BCUT2D eigenvalue weighted by molar-refractivity contribution is 5.80. The Morgan fingerprint density at radius 3 is 0.760 bits per heavy atom. The van der Waals surface area contributed by atoms with Crippen molar-refractivity contribution in [2.45, 2.75) is 207 Å². The zero-order chi connectivity index (χ0) is 36.3. The van der Waals surface area contributed by atoms with Crippen molar-refractivity contribution in [2.24, 2.45) is 0 Å². The molecule has 6 nitrogen and oxygen atoms in total. The molecule has 296 valence electrons. The first kappa shape index (κ1) is 46.9. The van der Waals surface area contributed by atoms with Gasteiger partial charge in [-0.3, -0.25) is 19.4 Å². The molecule has 1 fully saturated rings. The summed E-state index contributed by atoms with van der Waals surface area (Å²) in [6, 6.07) is 0. The SMILES string of the molecule is CCCCCCCCCN(CCCCCCCCC)CC(=O)N1CCN(C(=O)CN(CCCCCCCCC)CCCCCCCCC)CC1. The van der Waals surface area contributed by atoms with Crippen LogP contribution < -0.4 is 0 Å². The van der Waals surface area contributed by atoms with E-state index in [4.69, 9.17) is 0 Å². The monoisotopic (exact) mass is 705 g/mol. The van der Waals surface area contributed by atoms with Gasteiger partial charge in [-0.05, 0) is 51.9 Å². The van der Waals surface area contributed by atoms with Gasteiger partial charge in [-0.2, -0.15) is 0 Å². The van der Waals surface area contributed by atoms with E-state index in [1.165, 1.54) is 180 Å². The maximum atomic E-state index is 13.5. The van der Waals surface area contributed by atoms with E-state index >= 15 is 0 Å². The second-order valence-corrected chi connectivity index (χ2v) is 15.8. The Balaban J connectivity index is 2.53. The molecule has 0 aliphatic carbocycles. The van der Waals surface area contributed by atoms with Gasteiger partial charge in [0.15, 0.2) is 0 Å². The van der Waals surface area contributed by atoms with E-state index in [1.54, 1.807) is 0 Å². The Bertz CT molecular complexity index is 656. The van der Waals surface area contributed by atoms with Crippen LogP contribution in [-0.2, 0) is 9.59 Å². The molecule has 0 aromatic rings. The summed E-state index contributed by atoms with van der Waals surface area (Å²) < 4.78 is 0. The average Bonchev–Trinajstić information content (AvgIpc) is 3.12. The topological polar surface area (TPSA) is 47.1 Å². The zero-order valence-corrected chi connectivity index (χ0v) is 34.5. The number of carbonyl (C=O) groups is 2. The quantitative estimate of drug-likeness (QED) is 0.0609. The van der Waals surface area contributed by atoms with Crippen molar-refractivity contribution >= 4 is 11.8 Å². The first-order valence-electron chi connectivity index (χ1n) is 22.6. The molecule has 2 amide bonds. The van der Waals surface area contributed by atoms with Crippen molar-refractivity contribution in [3.05, 3.63) is 0 Å². The van der Waals surface area contributed by atoms with Crippen molar-refractivity contribution in [1.82, 2.24) is 19.6 Å². The van der Waals surface area contributed by atoms with Crippen LogP contribution in [-0.4, -0.2) is 96.9 Å². The number of unbranched alkanes of at least 4 members (excludes halogenated alkanes) is 24. The van der Waals surface area contributed by atoms with E-state index in [0.29, 0.717) is 39.3 Å². The molecule has 0 atom stereocenters. The van der Waals surface area contributed by atoms with Crippen LogP contribution in [0.2, 0.25) is 0 Å². The highest BCUT2D eigenvalue weighted by Crippen LogP contribution is 2.14. The Labute approximate surface area is 313 Å². The van der Waals surface area contributed by atoms with Gasteiger partial charge in [-0.15, -0.1) is 0 Å². The molecule has 0 saturated carbocycles. The molecule has 0 aromatic carbocycles. The Morgan fingerprint density at radius 2 is 0.540 bits per heavy atom. The van der Waals surface area contributed by atoms with Crippen molar-refractivity contribution < 1.29 is 9.59 Å². The van der Waals surface area contributed by atoms with Crippen LogP contribution in [0.15, 0.2) is 0 Å². The van der Waals surface area contributed by atoms with Crippen LogP contribution in [0.1, 0.15) is 207 Å². The van der Waals surface area contributed by atoms with Crippen LogP contribution in [0.5, 0.6) is 0 Å². The van der Waals surface area contributed by atoms with E-state index < -0.39 is 0 Å². The van der Waals surface area contributed by atoms with Crippen LogP contribution in [0, 0.1) is 0 Å². The summed E-state index contributed by atoms with van der Waals surface area (Å²) in [5.41, 5.74) is 0. The smallest absolute Gasteiger partial charge is 0.236 e. The molecule has 1 rings (SSSR count). The summed E-state index contributed by atoms with van der Waals surface area (Å²) in [6.45, 7) is 17.1. The molecule has 1 aliphatic rings. The van der Waals surface area contributed by atoms with Crippen LogP contribution in [0.25, 0.3) is 0 Å². The molecule has 1 heterocycles. The average molecular weight is 705 g/mol. The summed E-state index contributed by atoms with van der Waals surface area (Å²) in [5.74, 6) is 0.532. The van der Waals surface area contributed by atoms with Crippen molar-refractivity contribution in [2.75, 3.05) is 65.4 Å². The predicted octanol–water partition coefficient (Wildman–Crippen LogP) is 11.3. The second kappa shape index (κ2) is 34.9. The van der Waals surface area contributed by atoms with Gasteiger partial charge in [-0.1, -0.05) is 182 Å². The second-order valence-electron chi connectivity index (χ2n) is 15.8. The van der Waals surface area contributed by atoms with E-state index in [2.05, 4.69) is 37.5 Å². The molecule has 0 bridgehead atoms. The molecule has 0 aromatic heterocycles. The van der Waals surface area contributed by atoms with Gasteiger partial charge >= 0.3 is 0 Å². The third-order valence-corrected chi connectivity index (χ3v) is 11.0. The molecule has 0 unspecified atom stereocenters. The first-order valence-corrected chi connectivity index (χ1v) is 22.6. The standard InChI is InChI=1S/C44H88N4O2/c1-5-9-13-17-21-25-29-33-45(34-30-26-22-18-14-10-6-2)41-43(49)47-37-39-48(40-38-47)44(50)42-46(35-31-27-23-19-15-11-7-3)36-32-28-24-20-16-12-8-4/h5-42H2,1-4H3. The lowest BCUT2D eigenvalue weighted by Gasteiger charge is -2.37. The van der Waals surface area contributed by atoms with Crippen LogP contribution >= 0.6 is 0 Å².